The van der Waals surface area contributed by atoms with Crippen LogP contribution in [0.4, 0.5) is 0 Å². The van der Waals surface area contributed by atoms with E-state index in [0.717, 1.165) is 53.2 Å². The summed E-state index contributed by atoms with van der Waals surface area (Å²) in [6.07, 6.45) is 9.81. The van der Waals surface area contributed by atoms with Crippen molar-refractivity contribution in [1.82, 2.24) is 30.2 Å². The predicted molar refractivity (Wildman–Crippen MR) is 178 cm³/mol. The Morgan fingerprint density at radius 3 is 2.49 bits per heavy atom. The summed E-state index contributed by atoms with van der Waals surface area (Å²) in [6, 6.07) is 22.9. The molecule has 0 spiro atoms. The van der Waals surface area contributed by atoms with Gasteiger partial charge in [0.1, 0.15) is 5.82 Å². The molecule has 8 nitrogen and oxygen atoms in total. The van der Waals surface area contributed by atoms with E-state index in [1.54, 1.807) is 14.2 Å². The summed E-state index contributed by atoms with van der Waals surface area (Å²) in [5, 5.41) is 3.38. The molecule has 0 saturated carbocycles. The Kier molecular flexibility index (Phi) is 11.3. The smallest absolute Gasteiger partial charge is 0.254 e. The first kappa shape index (κ1) is 32.3. The predicted octanol–water partition coefficient (Wildman–Crippen LogP) is 7.45. The molecule has 1 aliphatic rings. The van der Waals surface area contributed by atoms with Crippen LogP contribution in [0.1, 0.15) is 57.5 Å². The lowest BCUT2D eigenvalue weighted by Gasteiger charge is -2.34. The molecule has 1 unspecified atom stereocenters. The highest BCUT2D eigenvalue weighted by molar-refractivity contribution is 6.39. The number of carbonyl (C=O) groups is 1. The zero-order chi connectivity index (χ0) is 31.6. The lowest BCUT2D eigenvalue weighted by molar-refractivity contribution is 0.0951. The summed E-state index contributed by atoms with van der Waals surface area (Å²) >= 11 is 12.4. The first-order valence-corrected chi connectivity index (χ1v) is 15.5. The number of amides is 1. The molecule has 45 heavy (non-hydrogen) atoms. The molecule has 3 heterocycles. The molecule has 232 valence electrons. The van der Waals surface area contributed by atoms with E-state index >= 15 is 0 Å². The molecule has 0 fully saturated rings. The van der Waals surface area contributed by atoms with E-state index < -0.39 is 0 Å². The maximum Gasteiger partial charge on any atom is 0.254 e. The van der Waals surface area contributed by atoms with Gasteiger partial charge in [0.25, 0.3) is 5.91 Å². The number of pyridine rings is 2. The van der Waals surface area contributed by atoms with Crippen LogP contribution < -0.4 is 5.32 Å². The van der Waals surface area contributed by atoms with E-state index in [1.165, 1.54) is 18.0 Å². The molecule has 2 aromatic carbocycles. The van der Waals surface area contributed by atoms with Crippen LogP contribution in [0.2, 0.25) is 10.0 Å². The average molecular weight is 644 g/mol. The Morgan fingerprint density at radius 1 is 0.956 bits per heavy atom. The Labute approximate surface area is 273 Å². The third kappa shape index (κ3) is 8.35. The van der Waals surface area contributed by atoms with Crippen LogP contribution in [0.25, 0.3) is 11.3 Å². The van der Waals surface area contributed by atoms with Crippen molar-refractivity contribution in [1.29, 1.82) is 0 Å². The standard InChI is InChI=1S/C33H30Cl2N6O.C2H6O/c34-26-17-36-18-27(35)31(26)33(42)39-16-22-7-4-8-23(15-22)20-41(29-13-5-11-25-12-6-14-37-32(25)29)21-30-38-19-28(40-30)24-9-2-1-3-10-24;1-3-2/h1-4,6-10,12,14-15,17-19,29H,5,11,13,16,20-21H2,(H,38,40)(H,39,42);1-2H3. The topological polar surface area (TPSA) is 96.0 Å². The Morgan fingerprint density at radius 2 is 1.71 bits per heavy atom. The second kappa shape index (κ2) is 15.8. The normalized spacial score (nSPS) is 13.9. The van der Waals surface area contributed by atoms with E-state index in [2.05, 4.69) is 55.3 Å². The highest BCUT2D eigenvalue weighted by atomic mass is 35.5. The van der Waals surface area contributed by atoms with Gasteiger partial charge in [-0.1, -0.05) is 83.9 Å². The number of nitrogens with zero attached hydrogens (tertiary/aromatic N) is 4. The van der Waals surface area contributed by atoms with E-state index in [1.807, 2.05) is 48.8 Å². The maximum absolute atomic E-state index is 12.8. The molecule has 5 aromatic rings. The lowest BCUT2D eigenvalue weighted by Crippen LogP contribution is -2.32. The van der Waals surface area contributed by atoms with E-state index in [9.17, 15) is 4.79 Å². The van der Waals surface area contributed by atoms with Gasteiger partial charge in [-0.3, -0.25) is 19.7 Å². The molecular formula is C35H36Cl2N6O2. The molecule has 1 atom stereocenters. The monoisotopic (exact) mass is 642 g/mol. The Balaban J connectivity index is 0.00000128. The zero-order valence-corrected chi connectivity index (χ0v) is 26.9. The van der Waals surface area contributed by atoms with E-state index in [-0.39, 0.29) is 27.6 Å². The molecule has 0 saturated heterocycles. The number of aromatic amines is 1. The number of methoxy groups -OCH3 is 1. The SMILES string of the molecule is COC.O=C(NCc1cccc(CN(Cc2ncc(-c3ccccc3)[nH]2)C2CCCc3cccnc32)c1)c1c(Cl)cncc1Cl. The van der Waals surface area contributed by atoms with Gasteiger partial charge in [-0.05, 0) is 47.6 Å². The number of carbonyl (C=O) groups excluding carboxylic acids is 1. The summed E-state index contributed by atoms with van der Waals surface area (Å²) < 4.78 is 4.25. The summed E-state index contributed by atoms with van der Waals surface area (Å²) in [5.41, 5.74) is 6.92. The van der Waals surface area contributed by atoms with Crippen molar-refractivity contribution in [3.05, 3.63) is 135 Å². The number of nitrogens with one attached hydrogen (secondary N) is 2. The second-order valence-corrected chi connectivity index (χ2v) is 11.7. The van der Waals surface area contributed by atoms with Crippen molar-refractivity contribution < 1.29 is 9.53 Å². The van der Waals surface area contributed by atoms with Gasteiger partial charge in [0.05, 0.1) is 45.8 Å². The number of halogens is 2. The number of benzene rings is 2. The molecule has 6 rings (SSSR count). The number of hydrogen-bond donors (Lipinski definition) is 2. The molecule has 0 bridgehead atoms. The molecule has 0 radical (unpaired) electrons. The quantitative estimate of drug-likeness (QED) is 0.173. The van der Waals surface area contributed by atoms with Crippen LogP contribution in [0, 0.1) is 0 Å². The molecular weight excluding hydrogens is 607 g/mol. The van der Waals surface area contributed by atoms with Gasteiger partial charge in [0.15, 0.2) is 0 Å². The van der Waals surface area contributed by atoms with Crippen molar-refractivity contribution in [2.24, 2.45) is 0 Å². The number of ether oxygens (including phenoxy) is 1. The first-order valence-electron chi connectivity index (χ1n) is 14.8. The van der Waals surface area contributed by atoms with Gasteiger partial charge < -0.3 is 15.0 Å². The molecule has 1 amide bonds. The highest BCUT2D eigenvalue weighted by Crippen LogP contribution is 2.35. The molecule has 1 aliphatic carbocycles. The first-order chi connectivity index (χ1) is 22.0. The number of imidazole rings is 1. The number of aromatic nitrogens is 4. The summed E-state index contributed by atoms with van der Waals surface area (Å²) in [4.78, 5) is 32.3. The minimum atomic E-state index is -0.337. The maximum atomic E-state index is 12.8. The van der Waals surface area contributed by atoms with Gasteiger partial charge in [-0.2, -0.15) is 0 Å². The third-order valence-electron chi connectivity index (χ3n) is 7.58. The third-order valence-corrected chi connectivity index (χ3v) is 8.16. The number of fused-ring (bicyclic) bond motifs is 1. The van der Waals surface area contributed by atoms with Crippen molar-refractivity contribution in [2.75, 3.05) is 14.2 Å². The fourth-order valence-electron chi connectivity index (χ4n) is 5.59. The van der Waals surface area contributed by atoms with Crippen LogP contribution in [-0.4, -0.2) is 45.0 Å². The summed E-state index contributed by atoms with van der Waals surface area (Å²) in [5.74, 6) is 0.572. The fourth-order valence-corrected chi connectivity index (χ4v) is 6.12. The van der Waals surface area contributed by atoms with E-state index in [0.29, 0.717) is 19.6 Å². The molecule has 2 N–H and O–H groups in total. The molecule has 3 aromatic heterocycles. The van der Waals surface area contributed by atoms with Gasteiger partial charge >= 0.3 is 0 Å². The van der Waals surface area contributed by atoms with Gasteiger partial charge in [-0.25, -0.2) is 4.98 Å². The Bertz CT molecular complexity index is 1690. The van der Waals surface area contributed by atoms with E-state index in [4.69, 9.17) is 33.2 Å². The van der Waals surface area contributed by atoms with Gasteiger partial charge in [0, 0.05) is 45.9 Å². The number of hydrogen-bond acceptors (Lipinski definition) is 6. The number of rotatable bonds is 9. The molecule has 0 aliphatic heterocycles. The summed E-state index contributed by atoms with van der Waals surface area (Å²) in [6.45, 7) is 1.69. The largest absolute Gasteiger partial charge is 0.388 e. The van der Waals surface area contributed by atoms with Crippen LogP contribution in [0.5, 0.6) is 0 Å². The minimum Gasteiger partial charge on any atom is -0.388 e. The average Bonchev–Trinajstić information content (AvgIpc) is 3.53. The van der Waals surface area contributed by atoms with Crippen molar-refractivity contribution in [2.45, 2.75) is 44.9 Å². The highest BCUT2D eigenvalue weighted by Gasteiger charge is 2.28. The minimum absolute atomic E-state index is 0.166. The van der Waals surface area contributed by atoms with Crippen molar-refractivity contribution in [3.8, 4) is 11.3 Å². The lowest BCUT2D eigenvalue weighted by atomic mass is 9.90. The molecule has 10 heteroatoms. The fraction of sp³-hybridized carbons (Fsp3) is 0.257. The van der Waals surface area contributed by atoms with Gasteiger partial charge in [0.2, 0.25) is 0 Å². The number of H-pyrrole nitrogens is 1. The van der Waals surface area contributed by atoms with Crippen molar-refractivity contribution >= 4 is 29.1 Å². The summed E-state index contributed by atoms with van der Waals surface area (Å²) in [7, 11) is 3.25. The van der Waals surface area contributed by atoms with Crippen LogP contribution in [-0.2, 0) is 30.8 Å². The van der Waals surface area contributed by atoms with Gasteiger partial charge in [-0.15, -0.1) is 0 Å². The zero-order valence-electron chi connectivity index (χ0n) is 25.3. The second-order valence-electron chi connectivity index (χ2n) is 10.9. The van der Waals surface area contributed by atoms with Crippen LogP contribution in [0.3, 0.4) is 0 Å². The Hall–Kier alpha value is -4.08. The van der Waals surface area contributed by atoms with Crippen molar-refractivity contribution in [3.63, 3.8) is 0 Å². The van der Waals surface area contributed by atoms with Crippen LogP contribution >= 0.6 is 23.2 Å². The van der Waals surface area contributed by atoms with Crippen LogP contribution in [0.15, 0.2) is 91.5 Å². The number of aryl methyl sites for hydroxylation is 1.